The first kappa shape index (κ1) is 22.7. The van der Waals surface area contributed by atoms with Crippen LogP contribution < -0.4 is 14.8 Å². The number of aliphatic hydroxyl groups is 1. The Labute approximate surface area is 171 Å². The maximum atomic E-state index is 13.4. The molecule has 29 heavy (non-hydrogen) atoms. The number of carbonyl (C=O) groups is 1. The van der Waals surface area contributed by atoms with Crippen LogP contribution >= 0.6 is 0 Å². The molecule has 1 amide bonds. The molecule has 0 aliphatic rings. The average Bonchev–Trinajstić information content (AvgIpc) is 2.73. The van der Waals surface area contributed by atoms with Crippen molar-refractivity contribution in [3.8, 4) is 11.5 Å². The highest BCUT2D eigenvalue weighted by atomic mass is 32.2. The third-order valence-electron chi connectivity index (χ3n) is 4.17. The van der Waals surface area contributed by atoms with E-state index in [1.165, 1.54) is 26.4 Å². The molecule has 9 heteroatoms. The summed E-state index contributed by atoms with van der Waals surface area (Å²) in [5, 5.41) is 11.5. The van der Waals surface area contributed by atoms with Crippen LogP contribution in [0.5, 0.6) is 11.5 Å². The van der Waals surface area contributed by atoms with Crippen LogP contribution in [-0.2, 0) is 21.4 Å². The SMILES string of the molecule is COc1ccc(OC)c(S(=O)(=O)N(CC(=O)NCCCO)Cc2ccccc2)c1. The van der Waals surface area contributed by atoms with Crippen molar-refractivity contribution < 1.29 is 27.8 Å². The quantitative estimate of drug-likeness (QED) is 0.530. The number of benzene rings is 2. The predicted octanol–water partition coefficient (Wildman–Crippen LogP) is 1.39. The van der Waals surface area contributed by atoms with E-state index in [1.807, 2.05) is 6.07 Å². The van der Waals surface area contributed by atoms with Crippen LogP contribution in [-0.4, -0.2) is 57.7 Å². The smallest absolute Gasteiger partial charge is 0.247 e. The largest absolute Gasteiger partial charge is 0.497 e. The molecule has 2 aromatic rings. The van der Waals surface area contributed by atoms with Crippen molar-refractivity contribution in [1.29, 1.82) is 0 Å². The van der Waals surface area contributed by atoms with E-state index in [4.69, 9.17) is 14.6 Å². The lowest BCUT2D eigenvalue weighted by Crippen LogP contribution is -2.40. The second-order valence-corrected chi connectivity index (χ2v) is 8.11. The van der Waals surface area contributed by atoms with E-state index in [9.17, 15) is 13.2 Å². The molecule has 0 aliphatic heterocycles. The second kappa shape index (κ2) is 10.8. The highest BCUT2D eigenvalue weighted by molar-refractivity contribution is 7.89. The third-order valence-corrected chi connectivity index (χ3v) is 5.98. The molecule has 2 N–H and O–H groups in total. The van der Waals surface area contributed by atoms with Gasteiger partial charge in [0.2, 0.25) is 15.9 Å². The number of rotatable bonds is 11. The van der Waals surface area contributed by atoms with Crippen LogP contribution in [0.15, 0.2) is 53.4 Å². The van der Waals surface area contributed by atoms with Gasteiger partial charge in [0.05, 0.1) is 20.8 Å². The van der Waals surface area contributed by atoms with E-state index in [0.29, 0.717) is 12.2 Å². The van der Waals surface area contributed by atoms with Gasteiger partial charge >= 0.3 is 0 Å². The Bertz CT molecular complexity index is 902. The number of sulfonamides is 1. The number of aliphatic hydroxyl groups excluding tert-OH is 1. The Morgan fingerprint density at radius 3 is 2.45 bits per heavy atom. The van der Waals surface area contributed by atoms with E-state index in [1.54, 1.807) is 30.3 Å². The number of nitrogens with one attached hydrogen (secondary N) is 1. The van der Waals surface area contributed by atoms with Gasteiger partial charge in [-0.05, 0) is 24.1 Å². The zero-order valence-electron chi connectivity index (χ0n) is 16.5. The summed E-state index contributed by atoms with van der Waals surface area (Å²) in [6, 6.07) is 13.5. The Kier molecular flexibility index (Phi) is 8.44. The molecular formula is C20H26N2O6S. The Morgan fingerprint density at radius 1 is 1.10 bits per heavy atom. The summed E-state index contributed by atoms with van der Waals surface area (Å²) in [6.45, 7) is -0.162. The van der Waals surface area contributed by atoms with Gasteiger partial charge in [0.1, 0.15) is 16.4 Å². The van der Waals surface area contributed by atoms with Gasteiger partial charge in [0.15, 0.2) is 0 Å². The van der Waals surface area contributed by atoms with Crippen LogP contribution in [0.4, 0.5) is 0 Å². The van der Waals surface area contributed by atoms with Crippen molar-refractivity contribution in [3.63, 3.8) is 0 Å². The summed E-state index contributed by atoms with van der Waals surface area (Å²) < 4.78 is 38.3. The highest BCUT2D eigenvalue weighted by Crippen LogP contribution is 2.31. The molecule has 0 bridgehead atoms. The standard InChI is InChI=1S/C20H26N2O6S/c1-27-17-9-10-18(28-2)19(13-17)29(25,26)22(14-16-7-4-3-5-8-16)15-20(24)21-11-6-12-23/h3-5,7-10,13,23H,6,11-12,14-15H2,1-2H3,(H,21,24). The molecule has 0 aromatic heterocycles. The lowest BCUT2D eigenvalue weighted by molar-refractivity contribution is -0.121. The summed E-state index contributed by atoms with van der Waals surface area (Å²) in [7, 11) is -1.26. The van der Waals surface area contributed by atoms with Crippen LogP contribution in [0.2, 0.25) is 0 Å². The maximum Gasteiger partial charge on any atom is 0.247 e. The van der Waals surface area contributed by atoms with Crippen molar-refractivity contribution in [1.82, 2.24) is 9.62 Å². The lowest BCUT2D eigenvalue weighted by Gasteiger charge is -2.23. The molecule has 0 aliphatic carbocycles. The number of carbonyl (C=O) groups excluding carboxylic acids is 1. The zero-order chi connectivity index (χ0) is 21.3. The van der Waals surface area contributed by atoms with Gasteiger partial charge in [0.25, 0.3) is 0 Å². The number of amides is 1. The average molecular weight is 423 g/mol. The van der Waals surface area contributed by atoms with E-state index in [2.05, 4.69) is 5.32 Å². The Morgan fingerprint density at radius 2 is 1.83 bits per heavy atom. The molecule has 0 heterocycles. The number of methoxy groups -OCH3 is 2. The molecule has 0 spiro atoms. The van der Waals surface area contributed by atoms with Crippen molar-refractivity contribution >= 4 is 15.9 Å². The Balaban J connectivity index is 2.39. The molecule has 0 fully saturated rings. The molecule has 0 saturated carbocycles. The fourth-order valence-electron chi connectivity index (χ4n) is 2.66. The minimum Gasteiger partial charge on any atom is -0.497 e. The number of ether oxygens (including phenoxy) is 2. The highest BCUT2D eigenvalue weighted by Gasteiger charge is 2.30. The van der Waals surface area contributed by atoms with Crippen LogP contribution in [0, 0.1) is 0 Å². The van der Waals surface area contributed by atoms with Crippen molar-refractivity contribution in [3.05, 3.63) is 54.1 Å². The van der Waals surface area contributed by atoms with Gasteiger partial charge in [-0.25, -0.2) is 8.42 Å². The summed E-state index contributed by atoms with van der Waals surface area (Å²) in [5.41, 5.74) is 0.737. The molecule has 0 radical (unpaired) electrons. The minimum atomic E-state index is -4.08. The molecule has 0 unspecified atom stereocenters. The first-order valence-electron chi connectivity index (χ1n) is 9.06. The maximum absolute atomic E-state index is 13.4. The van der Waals surface area contributed by atoms with Crippen LogP contribution in [0.25, 0.3) is 0 Å². The second-order valence-electron chi connectivity index (χ2n) is 6.20. The van der Waals surface area contributed by atoms with Crippen molar-refractivity contribution in [2.24, 2.45) is 0 Å². The summed E-state index contributed by atoms with van der Waals surface area (Å²) in [5.74, 6) is 0.0563. The van der Waals surface area contributed by atoms with E-state index in [0.717, 1.165) is 9.87 Å². The van der Waals surface area contributed by atoms with Crippen molar-refractivity contribution in [2.45, 2.75) is 17.9 Å². The van der Waals surface area contributed by atoms with E-state index in [-0.39, 0.29) is 36.9 Å². The van der Waals surface area contributed by atoms with E-state index < -0.39 is 15.9 Å². The lowest BCUT2D eigenvalue weighted by atomic mass is 10.2. The molecule has 158 valence electrons. The number of hydrogen-bond donors (Lipinski definition) is 2. The zero-order valence-corrected chi connectivity index (χ0v) is 17.3. The summed E-state index contributed by atoms with van der Waals surface area (Å²) in [4.78, 5) is 12.2. The minimum absolute atomic E-state index is 0.0109. The summed E-state index contributed by atoms with van der Waals surface area (Å²) in [6.07, 6.45) is 0.390. The predicted molar refractivity (Wildman–Crippen MR) is 108 cm³/mol. The van der Waals surface area contributed by atoms with Gasteiger partial charge < -0.3 is 19.9 Å². The molecular weight excluding hydrogens is 396 g/mol. The molecule has 2 aromatic carbocycles. The number of nitrogens with zero attached hydrogens (tertiary/aromatic N) is 1. The normalized spacial score (nSPS) is 11.3. The van der Waals surface area contributed by atoms with E-state index >= 15 is 0 Å². The monoisotopic (exact) mass is 422 g/mol. The van der Waals surface area contributed by atoms with Crippen molar-refractivity contribution in [2.75, 3.05) is 33.9 Å². The van der Waals surface area contributed by atoms with Gasteiger partial charge in [-0.15, -0.1) is 0 Å². The molecule has 0 saturated heterocycles. The first-order chi connectivity index (χ1) is 13.9. The van der Waals surface area contributed by atoms with Gasteiger partial charge in [-0.1, -0.05) is 30.3 Å². The topological polar surface area (TPSA) is 105 Å². The van der Waals surface area contributed by atoms with Crippen LogP contribution in [0.1, 0.15) is 12.0 Å². The fraction of sp³-hybridized carbons (Fsp3) is 0.350. The first-order valence-corrected chi connectivity index (χ1v) is 10.5. The van der Waals surface area contributed by atoms with Crippen LogP contribution in [0.3, 0.4) is 0 Å². The Hall–Kier alpha value is -2.62. The fourth-order valence-corrected chi connectivity index (χ4v) is 4.22. The summed E-state index contributed by atoms with van der Waals surface area (Å²) >= 11 is 0. The van der Waals surface area contributed by atoms with Gasteiger partial charge in [-0.2, -0.15) is 4.31 Å². The van der Waals surface area contributed by atoms with Gasteiger partial charge in [-0.3, -0.25) is 4.79 Å². The third kappa shape index (κ3) is 6.18. The molecule has 0 atom stereocenters. The van der Waals surface area contributed by atoms with Gasteiger partial charge in [0, 0.05) is 25.8 Å². The molecule has 8 nitrogen and oxygen atoms in total. The number of hydrogen-bond acceptors (Lipinski definition) is 6. The molecule has 2 rings (SSSR count).